The minimum Gasteiger partial charge on any atom is -0.349 e. The molecule has 0 saturated carbocycles. The Balaban J connectivity index is 2.79. The van der Waals surface area contributed by atoms with E-state index in [1.54, 1.807) is 0 Å². The van der Waals surface area contributed by atoms with E-state index in [0.717, 1.165) is 16.5 Å². The molecule has 1 aromatic carbocycles. The van der Waals surface area contributed by atoms with Crippen LogP contribution in [0.2, 0.25) is 0 Å². The maximum Gasteiger partial charge on any atom is 0.252 e. The van der Waals surface area contributed by atoms with Crippen LogP contribution in [0.15, 0.2) is 22.7 Å². The van der Waals surface area contributed by atoms with Crippen LogP contribution in [-0.4, -0.2) is 11.9 Å². The van der Waals surface area contributed by atoms with Gasteiger partial charge in [-0.1, -0.05) is 31.9 Å². The lowest BCUT2D eigenvalue weighted by Crippen LogP contribution is -2.37. The van der Waals surface area contributed by atoms with Gasteiger partial charge in [0.1, 0.15) is 0 Å². The average molecular weight is 298 g/mol. The Bertz CT molecular complexity index is 403. The Labute approximate surface area is 112 Å². The number of aryl methyl sites for hydroxylation is 1. The van der Waals surface area contributed by atoms with Crippen molar-refractivity contribution in [3.8, 4) is 0 Å². The number of hydrogen-bond donors (Lipinski definition) is 1. The van der Waals surface area contributed by atoms with Gasteiger partial charge in [0.05, 0.1) is 5.56 Å². The Morgan fingerprint density at radius 1 is 1.41 bits per heavy atom. The Morgan fingerprint density at radius 3 is 2.65 bits per heavy atom. The normalized spacial score (nSPS) is 14.2. The third-order valence-corrected chi connectivity index (χ3v) is 3.91. The first-order valence-corrected chi connectivity index (χ1v) is 6.82. The molecule has 0 saturated heterocycles. The van der Waals surface area contributed by atoms with Crippen LogP contribution >= 0.6 is 15.9 Å². The average Bonchev–Trinajstić information content (AvgIpc) is 2.30. The van der Waals surface area contributed by atoms with Crippen LogP contribution in [-0.2, 0) is 0 Å². The molecule has 1 amide bonds. The number of carbonyl (C=O) groups excluding carboxylic acids is 1. The Kier molecular flexibility index (Phi) is 5.19. The Morgan fingerprint density at radius 2 is 2.06 bits per heavy atom. The molecular formula is C14H20BrNO. The van der Waals surface area contributed by atoms with Crippen molar-refractivity contribution in [1.29, 1.82) is 0 Å². The molecule has 2 atom stereocenters. The molecule has 1 rings (SSSR count). The zero-order valence-corrected chi connectivity index (χ0v) is 12.5. The van der Waals surface area contributed by atoms with Crippen LogP contribution < -0.4 is 5.32 Å². The van der Waals surface area contributed by atoms with Gasteiger partial charge in [0, 0.05) is 10.5 Å². The second-order valence-electron chi connectivity index (χ2n) is 4.63. The van der Waals surface area contributed by atoms with E-state index >= 15 is 0 Å². The molecule has 94 valence electrons. The first-order chi connectivity index (χ1) is 7.95. The van der Waals surface area contributed by atoms with Gasteiger partial charge in [0.15, 0.2) is 0 Å². The zero-order valence-electron chi connectivity index (χ0n) is 10.9. The molecule has 0 aromatic heterocycles. The van der Waals surface area contributed by atoms with Crippen LogP contribution in [0.25, 0.3) is 0 Å². The van der Waals surface area contributed by atoms with Gasteiger partial charge in [0.25, 0.3) is 5.91 Å². The summed E-state index contributed by atoms with van der Waals surface area (Å²) in [5.74, 6) is 0.482. The highest BCUT2D eigenvalue weighted by atomic mass is 79.9. The van der Waals surface area contributed by atoms with Crippen molar-refractivity contribution in [2.45, 2.75) is 40.2 Å². The molecular weight excluding hydrogens is 278 g/mol. The summed E-state index contributed by atoms with van der Waals surface area (Å²) < 4.78 is 0.844. The maximum atomic E-state index is 12.1. The van der Waals surface area contributed by atoms with Gasteiger partial charge in [-0.25, -0.2) is 0 Å². The van der Waals surface area contributed by atoms with Gasteiger partial charge in [0.2, 0.25) is 0 Å². The molecule has 0 heterocycles. The summed E-state index contributed by atoms with van der Waals surface area (Å²) >= 11 is 3.41. The van der Waals surface area contributed by atoms with E-state index in [4.69, 9.17) is 0 Å². The maximum absolute atomic E-state index is 12.1. The van der Waals surface area contributed by atoms with E-state index in [0.29, 0.717) is 11.5 Å². The number of amides is 1. The van der Waals surface area contributed by atoms with Gasteiger partial charge >= 0.3 is 0 Å². The summed E-state index contributed by atoms with van der Waals surface area (Å²) in [7, 11) is 0. The van der Waals surface area contributed by atoms with E-state index < -0.39 is 0 Å². The third kappa shape index (κ3) is 3.84. The molecule has 0 radical (unpaired) electrons. The quantitative estimate of drug-likeness (QED) is 0.896. The molecule has 0 aliphatic rings. The number of nitrogens with one attached hydrogen (secondary N) is 1. The van der Waals surface area contributed by atoms with E-state index in [9.17, 15) is 4.79 Å². The predicted molar refractivity (Wildman–Crippen MR) is 75.3 cm³/mol. The van der Waals surface area contributed by atoms with Crippen LogP contribution in [0.3, 0.4) is 0 Å². The molecule has 0 aliphatic heterocycles. The lowest BCUT2D eigenvalue weighted by atomic mass is 10.0. The van der Waals surface area contributed by atoms with E-state index in [-0.39, 0.29) is 11.9 Å². The summed E-state index contributed by atoms with van der Waals surface area (Å²) in [6.45, 7) is 8.32. The lowest BCUT2D eigenvalue weighted by molar-refractivity contribution is 0.0927. The van der Waals surface area contributed by atoms with Crippen molar-refractivity contribution in [3.63, 3.8) is 0 Å². The number of benzene rings is 1. The fourth-order valence-electron chi connectivity index (χ4n) is 1.59. The highest BCUT2D eigenvalue weighted by molar-refractivity contribution is 9.10. The Hall–Kier alpha value is -0.830. The van der Waals surface area contributed by atoms with Crippen LogP contribution in [0.1, 0.15) is 43.1 Å². The summed E-state index contributed by atoms with van der Waals surface area (Å²) in [6, 6.07) is 6.00. The van der Waals surface area contributed by atoms with Crippen molar-refractivity contribution < 1.29 is 4.79 Å². The smallest absolute Gasteiger partial charge is 0.252 e. The van der Waals surface area contributed by atoms with Crippen LogP contribution in [0.4, 0.5) is 0 Å². The lowest BCUT2D eigenvalue weighted by Gasteiger charge is -2.20. The van der Waals surface area contributed by atoms with E-state index in [2.05, 4.69) is 42.0 Å². The molecule has 2 unspecified atom stereocenters. The SMILES string of the molecule is CCC(C)C(C)NC(=O)c1cc(C)ccc1Br. The second-order valence-corrected chi connectivity index (χ2v) is 5.49. The standard InChI is InChI=1S/C14H20BrNO/c1-5-10(3)11(4)16-14(17)12-8-9(2)6-7-13(12)15/h6-8,10-11H,5H2,1-4H3,(H,16,17). The van der Waals surface area contributed by atoms with Crippen LogP contribution in [0, 0.1) is 12.8 Å². The molecule has 0 aliphatic carbocycles. The molecule has 0 spiro atoms. The zero-order chi connectivity index (χ0) is 13.0. The second kappa shape index (κ2) is 6.20. The predicted octanol–water partition coefficient (Wildman–Crippen LogP) is 3.92. The minimum absolute atomic E-state index is 0.00613. The van der Waals surface area contributed by atoms with E-state index in [1.807, 2.05) is 25.1 Å². The fraction of sp³-hybridized carbons (Fsp3) is 0.500. The first kappa shape index (κ1) is 14.2. The largest absolute Gasteiger partial charge is 0.349 e. The number of halogens is 1. The highest BCUT2D eigenvalue weighted by Gasteiger charge is 2.16. The highest BCUT2D eigenvalue weighted by Crippen LogP contribution is 2.18. The topological polar surface area (TPSA) is 29.1 Å². The summed E-state index contributed by atoms with van der Waals surface area (Å²) in [4.78, 5) is 12.1. The van der Waals surface area contributed by atoms with Crippen LogP contribution in [0.5, 0.6) is 0 Å². The molecule has 1 N–H and O–H groups in total. The summed E-state index contributed by atoms with van der Waals surface area (Å²) in [5.41, 5.74) is 1.80. The molecule has 0 fully saturated rings. The van der Waals surface area contributed by atoms with Crippen molar-refractivity contribution in [3.05, 3.63) is 33.8 Å². The van der Waals surface area contributed by atoms with Gasteiger partial charge in [-0.3, -0.25) is 4.79 Å². The number of carbonyl (C=O) groups is 1. The molecule has 17 heavy (non-hydrogen) atoms. The van der Waals surface area contributed by atoms with Crippen molar-refractivity contribution >= 4 is 21.8 Å². The van der Waals surface area contributed by atoms with E-state index in [1.165, 1.54) is 0 Å². The molecule has 2 nitrogen and oxygen atoms in total. The van der Waals surface area contributed by atoms with Gasteiger partial charge in [-0.05, 0) is 47.8 Å². The van der Waals surface area contributed by atoms with Gasteiger partial charge in [-0.2, -0.15) is 0 Å². The third-order valence-electron chi connectivity index (χ3n) is 3.22. The first-order valence-electron chi connectivity index (χ1n) is 6.02. The number of rotatable bonds is 4. The monoisotopic (exact) mass is 297 g/mol. The van der Waals surface area contributed by atoms with Crippen molar-refractivity contribution in [1.82, 2.24) is 5.32 Å². The van der Waals surface area contributed by atoms with Gasteiger partial charge < -0.3 is 5.32 Å². The molecule has 3 heteroatoms. The van der Waals surface area contributed by atoms with Gasteiger partial charge in [-0.15, -0.1) is 0 Å². The van der Waals surface area contributed by atoms with Crippen molar-refractivity contribution in [2.24, 2.45) is 5.92 Å². The fourth-order valence-corrected chi connectivity index (χ4v) is 2.02. The molecule has 1 aromatic rings. The minimum atomic E-state index is -0.00613. The summed E-state index contributed by atoms with van der Waals surface area (Å²) in [5, 5.41) is 3.05. The number of hydrogen-bond acceptors (Lipinski definition) is 1. The van der Waals surface area contributed by atoms with Crippen molar-refractivity contribution in [2.75, 3.05) is 0 Å². The molecule has 0 bridgehead atoms. The summed E-state index contributed by atoms with van der Waals surface area (Å²) in [6.07, 6.45) is 1.07.